The molecule has 18 heavy (non-hydrogen) atoms. The predicted octanol–water partition coefficient (Wildman–Crippen LogP) is 2.26. The molecular formula is C15H23NO2. The molecule has 1 fully saturated rings. The van der Waals surface area contributed by atoms with Crippen molar-refractivity contribution in [1.82, 2.24) is 4.90 Å². The van der Waals surface area contributed by atoms with E-state index in [0.717, 1.165) is 31.8 Å². The van der Waals surface area contributed by atoms with Crippen LogP contribution >= 0.6 is 0 Å². The third kappa shape index (κ3) is 3.24. The third-order valence-corrected chi connectivity index (χ3v) is 3.80. The summed E-state index contributed by atoms with van der Waals surface area (Å²) in [5, 5.41) is 9.69. The Morgan fingerprint density at radius 2 is 2.11 bits per heavy atom. The van der Waals surface area contributed by atoms with Gasteiger partial charge in [-0.15, -0.1) is 0 Å². The monoisotopic (exact) mass is 249 g/mol. The van der Waals surface area contributed by atoms with Crippen molar-refractivity contribution in [3.63, 3.8) is 0 Å². The first kappa shape index (κ1) is 13.4. The number of likely N-dealkylation sites (tertiary alicyclic amines) is 1. The van der Waals surface area contributed by atoms with Gasteiger partial charge in [0, 0.05) is 13.1 Å². The molecule has 1 N–H and O–H groups in total. The minimum absolute atomic E-state index is 0.181. The molecule has 2 atom stereocenters. The van der Waals surface area contributed by atoms with Gasteiger partial charge in [0.2, 0.25) is 0 Å². The average Bonchev–Trinajstić information content (AvgIpc) is 2.87. The molecule has 1 aromatic rings. The van der Waals surface area contributed by atoms with Crippen molar-refractivity contribution in [3.05, 3.63) is 29.8 Å². The van der Waals surface area contributed by atoms with Crippen molar-refractivity contribution < 1.29 is 9.84 Å². The van der Waals surface area contributed by atoms with E-state index in [4.69, 9.17) is 4.74 Å². The SMILES string of the molecule is CCC(O)CN1CCC(c2ccc(OC)cc2)C1. The van der Waals surface area contributed by atoms with Gasteiger partial charge >= 0.3 is 0 Å². The molecule has 2 rings (SSSR count). The van der Waals surface area contributed by atoms with E-state index in [0.29, 0.717) is 5.92 Å². The molecule has 1 aliphatic heterocycles. The Kier molecular flexibility index (Phi) is 4.61. The summed E-state index contributed by atoms with van der Waals surface area (Å²) in [6.07, 6.45) is 1.84. The van der Waals surface area contributed by atoms with Gasteiger partial charge in [0.1, 0.15) is 5.75 Å². The Hall–Kier alpha value is -1.06. The van der Waals surface area contributed by atoms with Crippen LogP contribution in [0.15, 0.2) is 24.3 Å². The van der Waals surface area contributed by atoms with Crippen LogP contribution in [0, 0.1) is 0 Å². The van der Waals surface area contributed by atoms with Crippen LogP contribution in [0.4, 0.5) is 0 Å². The van der Waals surface area contributed by atoms with Crippen LogP contribution in [-0.4, -0.2) is 42.9 Å². The molecule has 0 saturated carbocycles. The van der Waals surface area contributed by atoms with Crippen LogP contribution in [0.1, 0.15) is 31.2 Å². The maximum absolute atomic E-state index is 9.69. The van der Waals surface area contributed by atoms with Gasteiger partial charge in [-0.25, -0.2) is 0 Å². The van der Waals surface area contributed by atoms with Crippen LogP contribution in [0.3, 0.4) is 0 Å². The minimum Gasteiger partial charge on any atom is -0.497 e. The van der Waals surface area contributed by atoms with Gasteiger partial charge < -0.3 is 14.7 Å². The van der Waals surface area contributed by atoms with E-state index in [1.165, 1.54) is 12.0 Å². The minimum atomic E-state index is -0.181. The zero-order chi connectivity index (χ0) is 13.0. The zero-order valence-corrected chi connectivity index (χ0v) is 11.3. The Labute approximate surface area is 109 Å². The molecular weight excluding hydrogens is 226 g/mol. The summed E-state index contributed by atoms with van der Waals surface area (Å²) in [6.45, 7) is 4.99. The first-order valence-corrected chi connectivity index (χ1v) is 6.77. The molecule has 3 heteroatoms. The number of hydrogen-bond acceptors (Lipinski definition) is 3. The second kappa shape index (κ2) is 6.21. The number of aliphatic hydroxyl groups excluding tert-OH is 1. The Morgan fingerprint density at radius 3 is 2.72 bits per heavy atom. The number of benzene rings is 1. The summed E-state index contributed by atoms with van der Waals surface area (Å²) in [4.78, 5) is 2.36. The molecule has 2 unspecified atom stereocenters. The van der Waals surface area contributed by atoms with Crippen LogP contribution in [0.25, 0.3) is 0 Å². The second-order valence-corrected chi connectivity index (χ2v) is 5.08. The van der Waals surface area contributed by atoms with Crippen molar-refractivity contribution in [2.24, 2.45) is 0 Å². The molecule has 1 saturated heterocycles. The lowest BCUT2D eigenvalue weighted by Gasteiger charge is -2.19. The third-order valence-electron chi connectivity index (χ3n) is 3.80. The molecule has 1 heterocycles. The highest BCUT2D eigenvalue weighted by atomic mass is 16.5. The fraction of sp³-hybridized carbons (Fsp3) is 0.600. The first-order valence-electron chi connectivity index (χ1n) is 6.77. The molecule has 0 amide bonds. The van der Waals surface area contributed by atoms with Gasteiger partial charge in [-0.3, -0.25) is 0 Å². The topological polar surface area (TPSA) is 32.7 Å². The summed E-state index contributed by atoms with van der Waals surface area (Å²) in [5.41, 5.74) is 1.38. The van der Waals surface area contributed by atoms with Crippen LogP contribution in [-0.2, 0) is 0 Å². The largest absolute Gasteiger partial charge is 0.497 e. The number of nitrogens with zero attached hydrogens (tertiary/aromatic N) is 1. The van der Waals surface area contributed by atoms with Crippen molar-refractivity contribution in [2.75, 3.05) is 26.7 Å². The predicted molar refractivity (Wildman–Crippen MR) is 73.1 cm³/mol. The lowest BCUT2D eigenvalue weighted by molar-refractivity contribution is 0.121. The molecule has 1 aromatic carbocycles. The van der Waals surface area contributed by atoms with Gasteiger partial charge in [-0.2, -0.15) is 0 Å². The average molecular weight is 249 g/mol. The number of ether oxygens (including phenoxy) is 1. The van der Waals surface area contributed by atoms with E-state index < -0.39 is 0 Å². The highest BCUT2D eigenvalue weighted by Crippen LogP contribution is 2.28. The molecule has 0 aliphatic carbocycles. The van der Waals surface area contributed by atoms with Gasteiger partial charge in [-0.1, -0.05) is 19.1 Å². The molecule has 1 aliphatic rings. The van der Waals surface area contributed by atoms with Crippen LogP contribution in [0.5, 0.6) is 5.75 Å². The van der Waals surface area contributed by atoms with E-state index in [9.17, 15) is 5.11 Å². The normalized spacial score (nSPS) is 22.1. The summed E-state index contributed by atoms with van der Waals surface area (Å²) in [5.74, 6) is 1.51. The Morgan fingerprint density at radius 1 is 1.39 bits per heavy atom. The second-order valence-electron chi connectivity index (χ2n) is 5.08. The van der Waals surface area contributed by atoms with Crippen molar-refractivity contribution in [3.8, 4) is 5.75 Å². The van der Waals surface area contributed by atoms with Gasteiger partial charge in [-0.05, 0) is 43.0 Å². The van der Waals surface area contributed by atoms with Gasteiger partial charge in [0.25, 0.3) is 0 Å². The lowest BCUT2D eigenvalue weighted by Crippen LogP contribution is -2.30. The lowest BCUT2D eigenvalue weighted by atomic mass is 9.98. The van der Waals surface area contributed by atoms with Crippen molar-refractivity contribution >= 4 is 0 Å². The smallest absolute Gasteiger partial charge is 0.118 e. The van der Waals surface area contributed by atoms with Crippen molar-refractivity contribution in [1.29, 1.82) is 0 Å². The summed E-state index contributed by atoms with van der Waals surface area (Å²) in [6, 6.07) is 8.37. The molecule has 0 aromatic heterocycles. The number of methoxy groups -OCH3 is 1. The van der Waals surface area contributed by atoms with E-state index in [-0.39, 0.29) is 6.10 Å². The number of aliphatic hydroxyl groups is 1. The molecule has 0 radical (unpaired) electrons. The quantitative estimate of drug-likeness (QED) is 0.869. The zero-order valence-electron chi connectivity index (χ0n) is 11.3. The van der Waals surface area contributed by atoms with Gasteiger partial charge in [0.05, 0.1) is 13.2 Å². The van der Waals surface area contributed by atoms with Crippen LogP contribution < -0.4 is 4.74 Å². The Bertz CT molecular complexity index is 363. The van der Waals surface area contributed by atoms with E-state index in [2.05, 4.69) is 17.0 Å². The Balaban J connectivity index is 1.91. The summed E-state index contributed by atoms with van der Waals surface area (Å²) >= 11 is 0. The summed E-state index contributed by atoms with van der Waals surface area (Å²) < 4.78 is 5.18. The van der Waals surface area contributed by atoms with E-state index in [1.807, 2.05) is 19.1 Å². The van der Waals surface area contributed by atoms with Gasteiger partial charge in [0.15, 0.2) is 0 Å². The molecule has 100 valence electrons. The number of rotatable bonds is 5. The fourth-order valence-electron chi connectivity index (χ4n) is 2.57. The molecule has 0 spiro atoms. The highest BCUT2D eigenvalue weighted by Gasteiger charge is 2.24. The standard InChI is InChI=1S/C15H23NO2/c1-3-14(17)11-16-9-8-13(10-16)12-4-6-15(18-2)7-5-12/h4-7,13-14,17H,3,8-11H2,1-2H3. The van der Waals surface area contributed by atoms with E-state index in [1.54, 1.807) is 7.11 Å². The number of β-amino-alcohol motifs (C(OH)–C–C–N with tert-alkyl or cyclic N) is 1. The summed E-state index contributed by atoms with van der Waals surface area (Å²) in [7, 11) is 1.69. The van der Waals surface area contributed by atoms with E-state index >= 15 is 0 Å². The molecule has 0 bridgehead atoms. The maximum atomic E-state index is 9.69. The van der Waals surface area contributed by atoms with Crippen molar-refractivity contribution in [2.45, 2.75) is 31.8 Å². The fourth-order valence-corrected chi connectivity index (χ4v) is 2.57. The maximum Gasteiger partial charge on any atom is 0.118 e. The van der Waals surface area contributed by atoms with Crippen LogP contribution in [0.2, 0.25) is 0 Å². The number of hydrogen-bond donors (Lipinski definition) is 1. The molecule has 3 nitrogen and oxygen atoms in total. The first-order chi connectivity index (χ1) is 8.72. The highest BCUT2D eigenvalue weighted by molar-refractivity contribution is 5.30.